The SMILES string of the molecule is CCCCCCCCCc1c([O-])ccc(S(=O)(=O)O)c1CCCCCCCCC.[Na+]. The summed E-state index contributed by atoms with van der Waals surface area (Å²) in [5.41, 5.74) is 1.15. The van der Waals surface area contributed by atoms with Gasteiger partial charge in [0.15, 0.2) is 0 Å². The average molecular weight is 449 g/mol. The van der Waals surface area contributed by atoms with Crippen LogP contribution in [0.1, 0.15) is 115 Å². The number of rotatable bonds is 17. The van der Waals surface area contributed by atoms with E-state index < -0.39 is 10.1 Å². The zero-order valence-electron chi connectivity index (χ0n) is 19.5. The van der Waals surface area contributed by atoms with E-state index in [1.165, 1.54) is 63.5 Å². The molecule has 1 aromatic carbocycles. The Kier molecular flexibility index (Phi) is 17.4. The molecule has 1 rings (SSSR count). The molecular weight excluding hydrogens is 407 g/mol. The van der Waals surface area contributed by atoms with E-state index in [0.717, 1.165) is 38.5 Å². The van der Waals surface area contributed by atoms with Gasteiger partial charge in [0.2, 0.25) is 0 Å². The molecular formula is C24H41NaO4S. The van der Waals surface area contributed by atoms with Crippen LogP contribution in [0.4, 0.5) is 0 Å². The maximum Gasteiger partial charge on any atom is 1.00 e. The molecule has 168 valence electrons. The molecule has 6 heteroatoms. The minimum absolute atomic E-state index is 0. The van der Waals surface area contributed by atoms with Crippen LogP contribution < -0.4 is 34.7 Å². The molecule has 0 saturated heterocycles. The Labute approximate surface area is 207 Å². The standard InChI is InChI=1S/C24H42O4S.Na/c1-3-5-7-9-11-13-15-17-21-22(18-16-14-12-10-8-6-4-2)24(29(26,27)28)20-19-23(21)25;/h19-20,25H,3-18H2,1-2H3,(H,26,27,28);/q;+1/p-1. The molecule has 0 heterocycles. The van der Waals surface area contributed by atoms with Crippen LogP contribution in [0.2, 0.25) is 0 Å². The van der Waals surface area contributed by atoms with Crippen molar-refractivity contribution >= 4 is 10.1 Å². The van der Waals surface area contributed by atoms with Gasteiger partial charge in [-0.2, -0.15) is 8.42 Å². The first kappa shape index (κ1) is 29.9. The van der Waals surface area contributed by atoms with Crippen LogP contribution in [0.5, 0.6) is 5.75 Å². The van der Waals surface area contributed by atoms with Crippen LogP contribution in [0, 0.1) is 0 Å². The summed E-state index contributed by atoms with van der Waals surface area (Å²) < 4.78 is 33.4. The van der Waals surface area contributed by atoms with Gasteiger partial charge < -0.3 is 5.11 Å². The normalized spacial score (nSPS) is 11.4. The van der Waals surface area contributed by atoms with Gasteiger partial charge in [0, 0.05) is 0 Å². The predicted molar refractivity (Wildman–Crippen MR) is 119 cm³/mol. The van der Waals surface area contributed by atoms with Crippen LogP contribution >= 0.6 is 0 Å². The number of benzene rings is 1. The van der Waals surface area contributed by atoms with Crippen molar-refractivity contribution < 1.29 is 47.6 Å². The van der Waals surface area contributed by atoms with Crippen molar-refractivity contribution in [3.63, 3.8) is 0 Å². The minimum Gasteiger partial charge on any atom is -0.872 e. The Balaban J connectivity index is 0.00000841. The fourth-order valence-corrected chi connectivity index (χ4v) is 4.73. The van der Waals surface area contributed by atoms with E-state index in [0.29, 0.717) is 24.0 Å². The van der Waals surface area contributed by atoms with Crippen LogP contribution in [-0.4, -0.2) is 13.0 Å². The van der Waals surface area contributed by atoms with Crippen LogP contribution in [0.15, 0.2) is 17.0 Å². The predicted octanol–water partition coefficient (Wildman–Crippen LogP) is 3.60. The molecule has 1 N–H and O–H groups in total. The van der Waals surface area contributed by atoms with Crippen LogP contribution in [0.25, 0.3) is 0 Å². The van der Waals surface area contributed by atoms with Gasteiger partial charge >= 0.3 is 29.6 Å². The summed E-state index contributed by atoms with van der Waals surface area (Å²) in [5.74, 6) is -0.0960. The molecule has 0 saturated carbocycles. The molecule has 0 aliphatic carbocycles. The second kappa shape index (κ2) is 17.5. The largest absolute Gasteiger partial charge is 1.00 e. The number of hydrogen-bond acceptors (Lipinski definition) is 3. The van der Waals surface area contributed by atoms with Crippen molar-refractivity contribution in [2.45, 2.75) is 121 Å². The molecule has 0 aliphatic heterocycles. The van der Waals surface area contributed by atoms with Crippen molar-refractivity contribution in [1.82, 2.24) is 0 Å². The summed E-state index contributed by atoms with van der Waals surface area (Å²) in [6.07, 6.45) is 17.1. The van der Waals surface area contributed by atoms with Crippen molar-refractivity contribution in [2.24, 2.45) is 0 Å². The fourth-order valence-electron chi connectivity index (χ4n) is 3.96. The van der Waals surface area contributed by atoms with E-state index in [4.69, 9.17) is 0 Å². The molecule has 0 bridgehead atoms. The molecule has 0 unspecified atom stereocenters. The van der Waals surface area contributed by atoms with Crippen molar-refractivity contribution in [1.29, 1.82) is 0 Å². The Morgan fingerprint density at radius 2 is 1.10 bits per heavy atom. The van der Waals surface area contributed by atoms with Gasteiger partial charge in [0.25, 0.3) is 10.1 Å². The van der Waals surface area contributed by atoms with Gasteiger partial charge in [-0.1, -0.05) is 103 Å². The smallest absolute Gasteiger partial charge is 0.872 e. The maximum atomic E-state index is 12.5. The second-order valence-electron chi connectivity index (χ2n) is 8.24. The fraction of sp³-hybridized carbons (Fsp3) is 0.750. The van der Waals surface area contributed by atoms with E-state index in [-0.39, 0.29) is 40.2 Å². The first-order valence-corrected chi connectivity index (χ1v) is 13.1. The average Bonchev–Trinajstić information content (AvgIpc) is 2.67. The van der Waals surface area contributed by atoms with Crippen molar-refractivity contribution in [2.75, 3.05) is 0 Å². The monoisotopic (exact) mass is 448 g/mol. The number of hydrogen-bond donors (Lipinski definition) is 1. The Morgan fingerprint density at radius 1 is 0.700 bits per heavy atom. The summed E-state index contributed by atoms with van der Waals surface area (Å²) in [6, 6.07) is 2.58. The third-order valence-electron chi connectivity index (χ3n) is 5.68. The summed E-state index contributed by atoms with van der Waals surface area (Å²) >= 11 is 0. The maximum absolute atomic E-state index is 12.5. The Hall–Kier alpha value is -0.0700. The summed E-state index contributed by atoms with van der Waals surface area (Å²) in [4.78, 5) is -0.0685. The molecule has 1 aromatic rings. The van der Waals surface area contributed by atoms with Gasteiger partial charge in [-0.15, -0.1) is 5.75 Å². The minimum atomic E-state index is -4.31. The third kappa shape index (κ3) is 12.1. The van der Waals surface area contributed by atoms with E-state index in [2.05, 4.69) is 13.8 Å². The zero-order chi connectivity index (χ0) is 21.5. The summed E-state index contributed by atoms with van der Waals surface area (Å²) in [6.45, 7) is 4.39. The van der Waals surface area contributed by atoms with E-state index in [1.807, 2.05) is 0 Å². The first-order chi connectivity index (χ1) is 13.9. The van der Waals surface area contributed by atoms with Gasteiger partial charge in [-0.25, -0.2) is 0 Å². The third-order valence-corrected chi connectivity index (χ3v) is 6.62. The quantitative estimate of drug-likeness (QED) is 0.224. The van der Waals surface area contributed by atoms with E-state index in [9.17, 15) is 18.1 Å². The van der Waals surface area contributed by atoms with Crippen molar-refractivity contribution in [3.05, 3.63) is 23.3 Å². The van der Waals surface area contributed by atoms with Crippen LogP contribution in [-0.2, 0) is 23.0 Å². The second-order valence-corrected chi connectivity index (χ2v) is 9.63. The Bertz CT molecular complexity index is 674. The van der Waals surface area contributed by atoms with Gasteiger partial charge in [0.1, 0.15) is 0 Å². The van der Waals surface area contributed by atoms with E-state index >= 15 is 0 Å². The summed E-state index contributed by atoms with van der Waals surface area (Å²) in [7, 11) is -4.31. The molecule has 0 atom stereocenters. The molecule has 0 aromatic heterocycles. The topological polar surface area (TPSA) is 77.4 Å². The number of unbranched alkanes of at least 4 members (excludes halogenated alkanes) is 12. The van der Waals surface area contributed by atoms with Crippen molar-refractivity contribution in [3.8, 4) is 5.75 Å². The zero-order valence-corrected chi connectivity index (χ0v) is 22.4. The molecule has 0 spiro atoms. The van der Waals surface area contributed by atoms with Gasteiger partial charge in [-0.05, 0) is 37.3 Å². The summed E-state index contributed by atoms with van der Waals surface area (Å²) in [5, 5.41) is 12.5. The van der Waals surface area contributed by atoms with Gasteiger partial charge in [-0.3, -0.25) is 4.55 Å². The molecule has 4 nitrogen and oxygen atoms in total. The molecule has 0 amide bonds. The van der Waals surface area contributed by atoms with E-state index in [1.54, 1.807) is 0 Å². The molecule has 0 fully saturated rings. The van der Waals surface area contributed by atoms with Crippen LogP contribution in [0.3, 0.4) is 0 Å². The molecule has 0 aliphatic rings. The Morgan fingerprint density at radius 3 is 1.53 bits per heavy atom. The molecule has 0 radical (unpaired) electrons. The molecule has 30 heavy (non-hydrogen) atoms. The van der Waals surface area contributed by atoms with Gasteiger partial charge in [0.05, 0.1) is 4.90 Å². The first-order valence-electron chi connectivity index (χ1n) is 11.7.